The Balaban J connectivity index is 1.26. The predicted molar refractivity (Wildman–Crippen MR) is 103 cm³/mol. The van der Waals surface area contributed by atoms with Gasteiger partial charge in [-0.3, -0.25) is 4.79 Å². The van der Waals surface area contributed by atoms with Crippen molar-refractivity contribution >= 4 is 23.4 Å². The van der Waals surface area contributed by atoms with Crippen LogP contribution in [0.1, 0.15) is 30.2 Å². The minimum Gasteiger partial charge on any atom is -0.457 e. The Morgan fingerprint density at radius 2 is 1.78 bits per heavy atom. The molecule has 138 valence electrons. The van der Waals surface area contributed by atoms with Gasteiger partial charge in [0.2, 0.25) is 11.8 Å². The Kier molecular flexibility index (Phi) is 5.11. The zero-order valence-electron chi connectivity index (χ0n) is 14.8. The molecule has 1 heterocycles. The number of hydrogen-bond acceptors (Lipinski definition) is 6. The zero-order valence-corrected chi connectivity index (χ0v) is 15.7. The fourth-order valence-corrected chi connectivity index (χ4v) is 3.02. The van der Waals surface area contributed by atoms with Gasteiger partial charge in [0.1, 0.15) is 11.5 Å². The number of nitrogens with one attached hydrogen (secondary N) is 1. The highest BCUT2D eigenvalue weighted by atomic mass is 32.2. The largest absolute Gasteiger partial charge is 0.457 e. The number of hydrogen-bond donors (Lipinski definition) is 1. The average molecular weight is 381 g/mol. The van der Waals surface area contributed by atoms with Crippen LogP contribution in [-0.4, -0.2) is 21.9 Å². The van der Waals surface area contributed by atoms with Crippen LogP contribution in [-0.2, 0) is 4.79 Å². The van der Waals surface area contributed by atoms with Crippen molar-refractivity contribution in [1.29, 1.82) is 0 Å². The molecule has 0 unspecified atom stereocenters. The highest BCUT2D eigenvalue weighted by molar-refractivity contribution is 7.99. The maximum absolute atomic E-state index is 12.1. The van der Waals surface area contributed by atoms with Crippen molar-refractivity contribution in [2.45, 2.75) is 30.9 Å². The SMILES string of the molecule is Cc1ccc(Oc2ccc(NC(=O)CSc3nnc(C4CC4)o3)cc2)cc1. The van der Waals surface area contributed by atoms with Crippen LogP contribution in [0.3, 0.4) is 0 Å². The van der Waals surface area contributed by atoms with Gasteiger partial charge >= 0.3 is 0 Å². The molecule has 6 nitrogen and oxygen atoms in total. The van der Waals surface area contributed by atoms with Crippen LogP contribution in [0, 0.1) is 6.92 Å². The number of carbonyl (C=O) groups is 1. The first-order valence-electron chi connectivity index (χ1n) is 8.76. The molecule has 0 spiro atoms. The van der Waals surface area contributed by atoms with Gasteiger partial charge in [0.05, 0.1) is 5.75 Å². The third-order valence-corrected chi connectivity index (χ3v) is 4.89. The minimum absolute atomic E-state index is 0.127. The van der Waals surface area contributed by atoms with E-state index < -0.39 is 0 Å². The maximum Gasteiger partial charge on any atom is 0.277 e. The number of ether oxygens (including phenoxy) is 1. The van der Waals surface area contributed by atoms with Gasteiger partial charge in [-0.1, -0.05) is 29.5 Å². The summed E-state index contributed by atoms with van der Waals surface area (Å²) in [6, 6.07) is 15.1. The van der Waals surface area contributed by atoms with Crippen LogP contribution < -0.4 is 10.1 Å². The average Bonchev–Trinajstić information content (AvgIpc) is 3.42. The number of benzene rings is 2. The van der Waals surface area contributed by atoms with E-state index in [0.717, 1.165) is 18.6 Å². The lowest BCUT2D eigenvalue weighted by molar-refractivity contribution is -0.113. The van der Waals surface area contributed by atoms with Gasteiger partial charge in [-0.05, 0) is 56.2 Å². The molecule has 4 rings (SSSR count). The molecule has 0 atom stereocenters. The van der Waals surface area contributed by atoms with Crippen LogP contribution in [0.4, 0.5) is 5.69 Å². The number of carbonyl (C=O) groups excluding carboxylic acids is 1. The molecule has 1 amide bonds. The smallest absolute Gasteiger partial charge is 0.277 e. The zero-order chi connectivity index (χ0) is 18.6. The van der Waals surface area contributed by atoms with Gasteiger partial charge < -0.3 is 14.5 Å². The molecular weight excluding hydrogens is 362 g/mol. The van der Waals surface area contributed by atoms with Gasteiger partial charge in [-0.25, -0.2) is 0 Å². The number of rotatable bonds is 7. The van der Waals surface area contributed by atoms with E-state index >= 15 is 0 Å². The van der Waals surface area contributed by atoms with Crippen LogP contribution in [0.5, 0.6) is 11.5 Å². The summed E-state index contributed by atoms with van der Waals surface area (Å²) in [5.41, 5.74) is 1.89. The highest BCUT2D eigenvalue weighted by Crippen LogP contribution is 2.39. The molecular formula is C20H19N3O3S. The van der Waals surface area contributed by atoms with E-state index in [4.69, 9.17) is 9.15 Å². The summed E-state index contributed by atoms with van der Waals surface area (Å²) < 4.78 is 11.3. The summed E-state index contributed by atoms with van der Waals surface area (Å²) >= 11 is 1.24. The Bertz CT molecular complexity index is 918. The normalized spacial score (nSPS) is 13.4. The summed E-state index contributed by atoms with van der Waals surface area (Å²) in [7, 11) is 0. The maximum atomic E-state index is 12.1. The quantitative estimate of drug-likeness (QED) is 0.594. The number of nitrogens with zero attached hydrogens (tertiary/aromatic N) is 2. The Labute approximate surface area is 161 Å². The summed E-state index contributed by atoms with van der Waals surface area (Å²) in [5, 5.41) is 11.3. The molecule has 1 fully saturated rings. The van der Waals surface area contributed by atoms with Gasteiger partial charge in [0.25, 0.3) is 5.22 Å². The standard InChI is InChI=1S/C20H19N3O3S/c1-13-2-8-16(9-3-13)25-17-10-6-15(7-11-17)21-18(24)12-27-20-23-22-19(26-20)14-4-5-14/h2-3,6-11,14H,4-5,12H2,1H3,(H,21,24). The molecule has 0 aliphatic heterocycles. The second-order valence-electron chi connectivity index (χ2n) is 6.46. The van der Waals surface area contributed by atoms with Gasteiger partial charge in [-0.15, -0.1) is 10.2 Å². The van der Waals surface area contributed by atoms with Crippen molar-refractivity contribution < 1.29 is 13.9 Å². The van der Waals surface area contributed by atoms with Gasteiger partial charge in [0.15, 0.2) is 0 Å². The lowest BCUT2D eigenvalue weighted by Crippen LogP contribution is -2.13. The lowest BCUT2D eigenvalue weighted by Gasteiger charge is -2.08. The first-order chi connectivity index (χ1) is 13.2. The summed E-state index contributed by atoms with van der Waals surface area (Å²) in [4.78, 5) is 12.1. The van der Waals surface area contributed by atoms with E-state index in [1.54, 1.807) is 0 Å². The van der Waals surface area contributed by atoms with Crippen LogP contribution in [0.2, 0.25) is 0 Å². The molecule has 1 saturated carbocycles. The van der Waals surface area contributed by atoms with E-state index in [1.165, 1.54) is 17.3 Å². The van der Waals surface area contributed by atoms with Crippen molar-refractivity contribution in [2.75, 3.05) is 11.1 Å². The fraction of sp³-hybridized carbons (Fsp3) is 0.250. The van der Waals surface area contributed by atoms with Crippen molar-refractivity contribution in [3.8, 4) is 11.5 Å². The van der Waals surface area contributed by atoms with E-state index in [9.17, 15) is 4.79 Å². The molecule has 0 radical (unpaired) electrons. The molecule has 1 N–H and O–H groups in total. The van der Waals surface area contributed by atoms with Gasteiger partial charge in [0, 0.05) is 11.6 Å². The van der Waals surface area contributed by atoms with Crippen molar-refractivity contribution in [2.24, 2.45) is 0 Å². The molecule has 1 aromatic heterocycles. The predicted octanol–water partition coefficient (Wildman–Crippen LogP) is 4.78. The van der Waals surface area contributed by atoms with E-state index in [1.807, 2.05) is 55.5 Å². The molecule has 7 heteroatoms. The third-order valence-electron chi connectivity index (χ3n) is 4.07. The first kappa shape index (κ1) is 17.6. The molecule has 1 aliphatic rings. The highest BCUT2D eigenvalue weighted by Gasteiger charge is 2.29. The minimum atomic E-state index is -0.127. The van der Waals surface area contributed by atoms with E-state index in [2.05, 4.69) is 15.5 Å². The Morgan fingerprint density at radius 1 is 1.11 bits per heavy atom. The molecule has 3 aromatic rings. The Morgan fingerprint density at radius 3 is 2.44 bits per heavy atom. The molecule has 27 heavy (non-hydrogen) atoms. The summed E-state index contributed by atoms with van der Waals surface area (Å²) in [6.07, 6.45) is 2.22. The number of amides is 1. The fourth-order valence-electron chi connectivity index (χ4n) is 2.45. The monoisotopic (exact) mass is 381 g/mol. The first-order valence-corrected chi connectivity index (χ1v) is 9.75. The second kappa shape index (κ2) is 7.84. The molecule has 2 aromatic carbocycles. The lowest BCUT2D eigenvalue weighted by atomic mass is 10.2. The third kappa shape index (κ3) is 4.89. The molecule has 0 bridgehead atoms. The number of anilines is 1. The number of thioether (sulfide) groups is 1. The van der Waals surface area contributed by atoms with E-state index in [0.29, 0.717) is 28.5 Å². The van der Waals surface area contributed by atoms with Crippen molar-refractivity contribution in [3.63, 3.8) is 0 Å². The summed E-state index contributed by atoms with van der Waals surface area (Å²) in [6.45, 7) is 2.03. The van der Waals surface area contributed by atoms with E-state index in [-0.39, 0.29) is 11.7 Å². The summed E-state index contributed by atoms with van der Waals surface area (Å²) in [5.74, 6) is 2.68. The topological polar surface area (TPSA) is 77.2 Å². The number of aromatic nitrogens is 2. The van der Waals surface area contributed by atoms with Crippen LogP contribution >= 0.6 is 11.8 Å². The second-order valence-corrected chi connectivity index (χ2v) is 7.38. The molecule has 0 saturated heterocycles. The number of aryl methyl sites for hydroxylation is 1. The van der Waals surface area contributed by atoms with Crippen molar-refractivity contribution in [1.82, 2.24) is 10.2 Å². The van der Waals surface area contributed by atoms with Crippen LogP contribution in [0.25, 0.3) is 0 Å². The molecule has 1 aliphatic carbocycles. The van der Waals surface area contributed by atoms with Gasteiger partial charge in [-0.2, -0.15) is 0 Å². The van der Waals surface area contributed by atoms with Crippen LogP contribution in [0.15, 0.2) is 58.2 Å². The van der Waals surface area contributed by atoms with Crippen molar-refractivity contribution in [3.05, 3.63) is 60.0 Å². The Hall–Kier alpha value is -2.80.